The van der Waals surface area contributed by atoms with Gasteiger partial charge in [0.05, 0.1) is 6.42 Å². The van der Waals surface area contributed by atoms with Crippen molar-refractivity contribution in [1.82, 2.24) is 9.80 Å². The molecule has 0 aromatic carbocycles. The third kappa shape index (κ3) is 4.12. The first-order valence-corrected chi connectivity index (χ1v) is 7.46. The number of nitrogens with zero attached hydrogens (tertiary/aromatic N) is 2. The molecule has 20 heavy (non-hydrogen) atoms. The number of carbonyl (C=O) groups is 2. The molecule has 116 valence electrons. The number of aliphatic carboxylic acids is 1. The van der Waals surface area contributed by atoms with Crippen LogP contribution >= 0.6 is 0 Å². The molecule has 0 radical (unpaired) electrons. The average Bonchev–Trinajstić information content (AvgIpc) is 2.26. The normalized spacial score (nSPS) is 23.6. The average molecular weight is 284 g/mol. The summed E-state index contributed by atoms with van der Waals surface area (Å²) in [6, 6.07) is 0.417. The number of piperidine rings is 1. The molecule has 1 rings (SSSR count). The van der Waals surface area contributed by atoms with Crippen LogP contribution in [0.25, 0.3) is 0 Å². The Balaban J connectivity index is 2.88. The van der Waals surface area contributed by atoms with E-state index in [1.807, 2.05) is 25.7 Å². The van der Waals surface area contributed by atoms with E-state index in [1.54, 1.807) is 4.90 Å². The second-order valence-corrected chi connectivity index (χ2v) is 6.78. The van der Waals surface area contributed by atoms with E-state index < -0.39 is 5.97 Å². The molecule has 5 nitrogen and oxygen atoms in total. The molecule has 1 heterocycles. The molecule has 0 unspecified atom stereocenters. The van der Waals surface area contributed by atoms with E-state index in [2.05, 4.69) is 13.8 Å². The number of carboxylic acids is 1. The van der Waals surface area contributed by atoms with Gasteiger partial charge in [0, 0.05) is 24.2 Å². The standard InChI is InChI=1S/C15H28N2O3/c1-11-7-6-8-12(2)17(11)14(20)16(15(3,4)5)10-9-13(18)19/h11-12H,6-10H2,1-5H3,(H,18,19)/t11-,12+. The zero-order valence-corrected chi connectivity index (χ0v) is 13.3. The second kappa shape index (κ2) is 6.46. The molecule has 0 aromatic rings. The molecule has 0 aliphatic carbocycles. The molecule has 2 amide bonds. The van der Waals surface area contributed by atoms with E-state index >= 15 is 0 Å². The molecule has 1 fully saturated rings. The highest BCUT2D eigenvalue weighted by atomic mass is 16.4. The number of rotatable bonds is 3. The van der Waals surface area contributed by atoms with Gasteiger partial charge in [0.15, 0.2) is 0 Å². The Labute approximate surface area is 121 Å². The van der Waals surface area contributed by atoms with Crippen molar-refractivity contribution in [2.24, 2.45) is 0 Å². The summed E-state index contributed by atoms with van der Waals surface area (Å²) in [4.78, 5) is 27.3. The molecule has 0 saturated carbocycles. The van der Waals surface area contributed by atoms with Crippen molar-refractivity contribution < 1.29 is 14.7 Å². The van der Waals surface area contributed by atoms with Crippen molar-refractivity contribution in [1.29, 1.82) is 0 Å². The van der Waals surface area contributed by atoms with Gasteiger partial charge in [-0.2, -0.15) is 0 Å². The molecule has 1 aliphatic rings. The highest BCUT2D eigenvalue weighted by molar-refractivity contribution is 5.77. The number of urea groups is 1. The number of hydrogen-bond acceptors (Lipinski definition) is 2. The summed E-state index contributed by atoms with van der Waals surface area (Å²) in [5.41, 5.74) is -0.372. The van der Waals surface area contributed by atoms with Crippen molar-refractivity contribution in [2.75, 3.05) is 6.54 Å². The zero-order valence-electron chi connectivity index (χ0n) is 13.3. The molecule has 1 aliphatic heterocycles. The quantitative estimate of drug-likeness (QED) is 0.866. The van der Waals surface area contributed by atoms with Crippen molar-refractivity contribution in [2.45, 2.75) is 77.9 Å². The van der Waals surface area contributed by atoms with E-state index in [0.29, 0.717) is 0 Å². The van der Waals surface area contributed by atoms with E-state index in [0.717, 1.165) is 19.3 Å². The van der Waals surface area contributed by atoms with Crippen molar-refractivity contribution in [3.05, 3.63) is 0 Å². The minimum atomic E-state index is -0.869. The van der Waals surface area contributed by atoms with Gasteiger partial charge < -0.3 is 14.9 Å². The van der Waals surface area contributed by atoms with Crippen molar-refractivity contribution >= 4 is 12.0 Å². The van der Waals surface area contributed by atoms with Gasteiger partial charge in [-0.25, -0.2) is 4.79 Å². The van der Waals surface area contributed by atoms with Gasteiger partial charge in [0.2, 0.25) is 0 Å². The molecular formula is C15H28N2O3. The van der Waals surface area contributed by atoms with Crippen molar-refractivity contribution in [3.63, 3.8) is 0 Å². The topological polar surface area (TPSA) is 60.9 Å². The lowest BCUT2D eigenvalue weighted by Gasteiger charge is -2.45. The first-order chi connectivity index (χ1) is 9.14. The molecule has 5 heteroatoms. The lowest BCUT2D eigenvalue weighted by molar-refractivity contribution is -0.137. The number of carboxylic acid groups (broad SMARTS) is 1. The van der Waals surface area contributed by atoms with Crippen LogP contribution in [0.3, 0.4) is 0 Å². The van der Waals surface area contributed by atoms with Crippen LogP contribution in [0, 0.1) is 0 Å². The van der Waals surface area contributed by atoms with E-state index in [-0.39, 0.29) is 36.6 Å². The van der Waals surface area contributed by atoms with E-state index in [9.17, 15) is 9.59 Å². The first-order valence-electron chi connectivity index (χ1n) is 7.46. The number of hydrogen-bond donors (Lipinski definition) is 1. The van der Waals surface area contributed by atoms with Gasteiger partial charge in [0.25, 0.3) is 0 Å². The van der Waals surface area contributed by atoms with Gasteiger partial charge in [0.1, 0.15) is 0 Å². The summed E-state index contributed by atoms with van der Waals surface area (Å²) < 4.78 is 0. The smallest absolute Gasteiger partial charge is 0.320 e. The lowest BCUT2D eigenvalue weighted by Crippen LogP contribution is -2.58. The predicted octanol–water partition coefficient (Wildman–Crippen LogP) is 2.94. The van der Waals surface area contributed by atoms with Crippen LogP contribution in [0.2, 0.25) is 0 Å². The zero-order chi connectivity index (χ0) is 15.5. The van der Waals surface area contributed by atoms with Gasteiger partial charge >= 0.3 is 12.0 Å². The molecular weight excluding hydrogens is 256 g/mol. The summed E-state index contributed by atoms with van der Waals surface area (Å²) in [6.07, 6.45) is 3.18. The predicted molar refractivity (Wildman–Crippen MR) is 78.7 cm³/mol. The first kappa shape index (κ1) is 16.8. The Hall–Kier alpha value is -1.26. The summed E-state index contributed by atoms with van der Waals surface area (Å²) in [5.74, 6) is -0.869. The fraction of sp³-hybridized carbons (Fsp3) is 0.867. The fourth-order valence-corrected chi connectivity index (χ4v) is 2.86. The Morgan fingerprint density at radius 1 is 1.20 bits per heavy atom. The van der Waals surface area contributed by atoms with Gasteiger partial charge in [-0.05, 0) is 53.9 Å². The molecule has 0 aromatic heterocycles. The maximum absolute atomic E-state index is 12.8. The summed E-state index contributed by atoms with van der Waals surface area (Å²) in [5, 5.41) is 8.87. The van der Waals surface area contributed by atoms with Crippen LogP contribution in [0.1, 0.15) is 60.3 Å². The summed E-state index contributed by atoms with van der Waals surface area (Å²) in [6.45, 7) is 10.3. The largest absolute Gasteiger partial charge is 0.481 e. The third-order valence-corrected chi connectivity index (χ3v) is 4.00. The third-order valence-electron chi connectivity index (χ3n) is 4.00. The molecule has 1 N–H and O–H groups in total. The second-order valence-electron chi connectivity index (χ2n) is 6.78. The van der Waals surface area contributed by atoms with Crippen LogP contribution < -0.4 is 0 Å². The Morgan fingerprint density at radius 2 is 1.70 bits per heavy atom. The van der Waals surface area contributed by atoms with Crippen LogP contribution in [0.15, 0.2) is 0 Å². The van der Waals surface area contributed by atoms with E-state index in [4.69, 9.17) is 5.11 Å². The van der Waals surface area contributed by atoms with Gasteiger partial charge in [-0.1, -0.05) is 0 Å². The Kier molecular flexibility index (Phi) is 5.42. The van der Waals surface area contributed by atoms with Crippen LogP contribution in [0.4, 0.5) is 4.79 Å². The van der Waals surface area contributed by atoms with Crippen LogP contribution in [-0.4, -0.2) is 51.1 Å². The maximum Gasteiger partial charge on any atom is 0.320 e. The highest BCUT2D eigenvalue weighted by Gasteiger charge is 2.36. The molecule has 0 bridgehead atoms. The molecule has 2 atom stereocenters. The van der Waals surface area contributed by atoms with Crippen LogP contribution in [0.5, 0.6) is 0 Å². The van der Waals surface area contributed by atoms with E-state index in [1.165, 1.54) is 0 Å². The molecule has 0 spiro atoms. The minimum absolute atomic E-state index is 0.0143. The fourth-order valence-electron chi connectivity index (χ4n) is 2.86. The minimum Gasteiger partial charge on any atom is -0.481 e. The number of carbonyl (C=O) groups excluding carboxylic acids is 1. The summed E-state index contributed by atoms with van der Waals surface area (Å²) >= 11 is 0. The van der Waals surface area contributed by atoms with Gasteiger partial charge in [-0.3, -0.25) is 4.79 Å². The Morgan fingerprint density at radius 3 is 2.10 bits per heavy atom. The van der Waals surface area contributed by atoms with Crippen LogP contribution in [-0.2, 0) is 4.79 Å². The number of amides is 2. The summed E-state index contributed by atoms with van der Waals surface area (Å²) in [7, 11) is 0. The monoisotopic (exact) mass is 284 g/mol. The highest BCUT2D eigenvalue weighted by Crippen LogP contribution is 2.26. The molecule has 1 saturated heterocycles. The Bertz CT molecular complexity index is 353. The SMILES string of the molecule is C[C@@H]1CCC[C@H](C)N1C(=O)N(CCC(=O)O)C(C)(C)C. The maximum atomic E-state index is 12.8. The number of likely N-dealkylation sites (tertiary alicyclic amines) is 1. The van der Waals surface area contributed by atoms with Crippen molar-refractivity contribution in [3.8, 4) is 0 Å². The lowest BCUT2D eigenvalue weighted by atomic mass is 9.97. The van der Waals surface area contributed by atoms with Gasteiger partial charge in [-0.15, -0.1) is 0 Å².